The number of aromatic nitrogens is 4. The predicted molar refractivity (Wildman–Crippen MR) is 221 cm³/mol. The normalized spacial score (nSPS) is 13.2. The Bertz CT molecular complexity index is 3080. The van der Waals surface area contributed by atoms with Gasteiger partial charge < -0.3 is 4.57 Å². The molecule has 250 valence electrons. The van der Waals surface area contributed by atoms with Crippen LogP contribution < -0.4 is 0 Å². The van der Waals surface area contributed by atoms with Crippen LogP contribution in [0.4, 0.5) is 0 Å². The third-order valence-corrected chi connectivity index (χ3v) is 12.4. The molecule has 3 heterocycles. The fourth-order valence-electron chi connectivity index (χ4n) is 8.63. The highest BCUT2D eigenvalue weighted by atomic mass is 32.1. The zero-order chi connectivity index (χ0) is 35.3. The second-order valence-electron chi connectivity index (χ2n) is 14.5. The number of thiophene rings is 1. The molecule has 5 heteroatoms. The Morgan fingerprint density at radius 1 is 0.528 bits per heavy atom. The summed E-state index contributed by atoms with van der Waals surface area (Å²) >= 11 is 1.89. The second kappa shape index (κ2) is 11.3. The van der Waals surface area contributed by atoms with Gasteiger partial charge in [-0.1, -0.05) is 123 Å². The molecule has 53 heavy (non-hydrogen) atoms. The van der Waals surface area contributed by atoms with Gasteiger partial charge >= 0.3 is 0 Å². The predicted octanol–water partition coefficient (Wildman–Crippen LogP) is 12.6. The first-order valence-corrected chi connectivity index (χ1v) is 18.8. The number of hydrogen-bond acceptors (Lipinski definition) is 4. The lowest BCUT2D eigenvalue weighted by atomic mass is 9.81. The molecule has 1 aliphatic rings. The van der Waals surface area contributed by atoms with E-state index in [4.69, 9.17) is 9.97 Å². The maximum Gasteiger partial charge on any atom is 0.164 e. The number of hydrogen-bond donors (Lipinski definition) is 0. The lowest BCUT2D eigenvalue weighted by Crippen LogP contribution is -2.15. The summed E-state index contributed by atoms with van der Waals surface area (Å²) in [6.45, 7) is 4.67. The van der Waals surface area contributed by atoms with Crippen LogP contribution in [0, 0.1) is 0 Å². The van der Waals surface area contributed by atoms with Crippen molar-refractivity contribution in [3.63, 3.8) is 0 Å². The minimum absolute atomic E-state index is 0.207. The van der Waals surface area contributed by atoms with Crippen LogP contribution in [-0.4, -0.2) is 19.5 Å². The molecule has 0 saturated carbocycles. The third-order valence-electron chi connectivity index (χ3n) is 11.1. The van der Waals surface area contributed by atoms with Gasteiger partial charge in [0.05, 0.1) is 11.0 Å². The number of nitrogens with zero attached hydrogens (tertiary/aromatic N) is 4. The molecule has 0 atom stereocenters. The van der Waals surface area contributed by atoms with Crippen molar-refractivity contribution in [3.8, 4) is 50.7 Å². The SMILES string of the molecule is CC1(C)c2ccccc2-c2c(-c3ncnc(-c4ccccc4)n3)cc(-c3ccc4c5c6sc7ccccc7c6ccc5n(-c5ccccc5)c4c3)cc21. The van der Waals surface area contributed by atoms with Gasteiger partial charge in [0.25, 0.3) is 0 Å². The number of fused-ring (bicyclic) bond motifs is 10. The zero-order valence-electron chi connectivity index (χ0n) is 29.2. The van der Waals surface area contributed by atoms with E-state index in [9.17, 15) is 0 Å². The third kappa shape index (κ3) is 4.44. The van der Waals surface area contributed by atoms with Crippen molar-refractivity contribution < 1.29 is 0 Å². The van der Waals surface area contributed by atoms with Crippen LogP contribution in [-0.2, 0) is 5.41 Å². The summed E-state index contributed by atoms with van der Waals surface area (Å²) < 4.78 is 5.08. The maximum atomic E-state index is 5.10. The highest BCUT2D eigenvalue weighted by Gasteiger charge is 2.38. The first-order chi connectivity index (χ1) is 26.0. The van der Waals surface area contributed by atoms with Gasteiger partial charge in [-0.3, -0.25) is 0 Å². The first-order valence-electron chi connectivity index (χ1n) is 18.0. The number of benzene rings is 7. The summed E-state index contributed by atoms with van der Waals surface area (Å²) in [5.41, 5.74) is 12.7. The smallest absolute Gasteiger partial charge is 0.164 e. The van der Waals surface area contributed by atoms with Gasteiger partial charge in [-0.05, 0) is 75.8 Å². The van der Waals surface area contributed by atoms with Gasteiger partial charge in [-0.15, -0.1) is 11.3 Å². The number of para-hydroxylation sites is 1. The van der Waals surface area contributed by atoms with Crippen molar-refractivity contribution in [2.75, 3.05) is 0 Å². The summed E-state index contributed by atoms with van der Waals surface area (Å²) in [7, 11) is 0. The Balaban J connectivity index is 1.19. The topological polar surface area (TPSA) is 43.6 Å². The lowest BCUT2D eigenvalue weighted by molar-refractivity contribution is 0.660. The van der Waals surface area contributed by atoms with Crippen molar-refractivity contribution >= 4 is 53.3 Å². The Hall–Kier alpha value is -6.43. The molecular weight excluding hydrogens is 665 g/mol. The van der Waals surface area contributed by atoms with E-state index < -0.39 is 0 Å². The molecule has 0 aliphatic heterocycles. The lowest BCUT2D eigenvalue weighted by Gasteiger charge is -2.22. The van der Waals surface area contributed by atoms with E-state index >= 15 is 0 Å². The second-order valence-corrected chi connectivity index (χ2v) is 15.5. The molecule has 4 nitrogen and oxygen atoms in total. The summed E-state index contributed by atoms with van der Waals surface area (Å²) in [4.78, 5) is 14.5. The van der Waals surface area contributed by atoms with E-state index in [1.54, 1.807) is 6.33 Å². The van der Waals surface area contributed by atoms with Crippen LogP contribution in [0.2, 0.25) is 0 Å². The van der Waals surface area contributed by atoms with E-state index in [0.717, 1.165) is 27.9 Å². The molecule has 7 aromatic carbocycles. The monoisotopic (exact) mass is 696 g/mol. The summed E-state index contributed by atoms with van der Waals surface area (Å²) in [6, 6.07) is 54.8. The van der Waals surface area contributed by atoms with Crippen molar-refractivity contribution in [3.05, 3.63) is 169 Å². The molecule has 3 aromatic heterocycles. The van der Waals surface area contributed by atoms with Gasteiger partial charge in [-0.25, -0.2) is 15.0 Å². The molecule has 0 radical (unpaired) electrons. The van der Waals surface area contributed by atoms with Crippen molar-refractivity contribution in [2.45, 2.75) is 19.3 Å². The fraction of sp³-hybridized carbons (Fsp3) is 0.0625. The van der Waals surface area contributed by atoms with Crippen LogP contribution in [0.25, 0.3) is 92.7 Å². The Kier molecular flexibility index (Phi) is 6.43. The van der Waals surface area contributed by atoms with Gasteiger partial charge in [0.2, 0.25) is 0 Å². The summed E-state index contributed by atoms with van der Waals surface area (Å²) in [6.07, 6.45) is 1.65. The van der Waals surface area contributed by atoms with E-state index in [-0.39, 0.29) is 5.41 Å². The molecule has 0 fully saturated rings. The van der Waals surface area contributed by atoms with Crippen LogP contribution >= 0.6 is 11.3 Å². The molecule has 1 aliphatic carbocycles. The molecule has 0 N–H and O–H groups in total. The average molecular weight is 697 g/mol. The minimum Gasteiger partial charge on any atom is -0.309 e. The van der Waals surface area contributed by atoms with E-state index in [1.165, 1.54) is 64.2 Å². The standard InChI is InChI=1S/C48H32N4S/c1-48(2)38-19-11-9-18-35(38)43-37(47-50-28-49-46(51-47)29-13-5-3-6-14-29)25-31(26-39(43)48)30-21-22-36-41(27-30)52(32-15-7-4-8-16-32)40-24-23-34-33-17-10-12-20-42(33)53-45(34)44(36)40/h3-28H,1-2H3. The highest BCUT2D eigenvalue weighted by Crippen LogP contribution is 2.53. The average Bonchev–Trinajstić information content (AvgIpc) is 3.83. The largest absolute Gasteiger partial charge is 0.309 e. The van der Waals surface area contributed by atoms with Crippen LogP contribution in [0.15, 0.2) is 158 Å². The molecule has 0 unspecified atom stereocenters. The van der Waals surface area contributed by atoms with E-state index in [2.05, 4.69) is 145 Å². The van der Waals surface area contributed by atoms with E-state index in [0.29, 0.717) is 11.6 Å². The highest BCUT2D eigenvalue weighted by molar-refractivity contribution is 7.26. The Morgan fingerprint density at radius 3 is 2.13 bits per heavy atom. The Morgan fingerprint density at radius 2 is 1.26 bits per heavy atom. The van der Waals surface area contributed by atoms with Gasteiger partial charge in [0.15, 0.2) is 11.6 Å². The van der Waals surface area contributed by atoms with Gasteiger partial charge in [0.1, 0.15) is 6.33 Å². The van der Waals surface area contributed by atoms with Crippen molar-refractivity contribution in [1.29, 1.82) is 0 Å². The maximum absolute atomic E-state index is 5.10. The molecule has 10 aromatic rings. The molecule has 0 bridgehead atoms. The summed E-state index contributed by atoms with van der Waals surface area (Å²) in [5.74, 6) is 1.35. The molecule has 11 rings (SSSR count). The molecular formula is C48H32N4S. The van der Waals surface area contributed by atoms with Crippen LogP contribution in [0.5, 0.6) is 0 Å². The van der Waals surface area contributed by atoms with Crippen LogP contribution in [0.3, 0.4) is 0 Å². The molecule has 0 spiro atoms. The molecule has 0 amide bonds. The van der Waals surface area contributed by atoms with Gasteiger partial charge in [0, 0.05) is 53.2 Å². The fourth-order valence-corrected chi connectivity index (χ4v) is 9.89. The van der Waals surface area contributed by atoms with Crippen molar-refractivity contribution in [1.82, 2.24) is 19.5 Å². The zero-order valence-corrected chi connectivity index (χ0v) is 30.0. The minimum atomic E-state index is -0.207. The Labute approximate surface area is 310 Å². The number of rotatable bonds is 4. The molecule has 0 saturated heterocycles. The van der Waals surface area contributed by atoms with E-state index in [1.807, 2.05) is 41.7 Å². The van der Waals surface area contributed by atoms with Gasteiger partial charge in [-0.2, -0.15) is 0 Å². The quantitative estimate of drug-likeness (QED) is 0.184. The van der Waals surface area contributed by atoms with Crippen LogP contribution in [0.1, 0.15) is 25.0 Å². The summed E-state index contributed by atoms with van der Waals surface area (Å²) in [5, 5.41) is 5.18. The first kappa shape index (κ1) is 30.2. The van der Waals surface area contributed by atoms with Crippen molar-refractivity contribution in [2.24, 2.45) is 0 Å².